The van der Waals surface area contributed by atoms with Crippen molar-refractivity contribution in [3.05, 3.63) is 77.7 Å². The van der Waals surface area contributed by atoms with Gasteiger partial charge in [-0.2, -0.15) is 5.10 Å². The van der Waals surface area contributed by atoms with E-state index in [0.717, 1.165) is 11.3 Å². The van der Waals surface area contributed by atoms with E-state index < -0.39 is 0 Å². The topological polar surface area (TPSA) is 67.2 Å². The summed E-state index contributed by atoms with van der Waals surface area (Å²) in [6, 6.07) is 17.5. The van der Waals surface area contributed by atoms with Gasteiger partial charge in [0.15, 0.2) is 0 Å². The van der Waals surface area contributed by atoms with Crippen LogP contribution in [0.15, 0.2) is 60.7 Å². The molecule has 2 amide bonds. The fourth-order valence-electron chi connectivity index (χ4n) is 3.40. The molecule has 0 spiro atoms. The zero-order chi connectivity index (χ0) is 24.0. The van der Waals surface area contributed by atoms with Gasteiger partial charge in [-0.25, -0.2) is 9.07 Å². The highest BCUT2D eigenvalue weighted by Gasteiger charge is 2.22. The van der Waals surface area contributed by atoms with Crippen LogP contribution in [0.4, 0.5) is 10.2 Å². The van der Waals surface area contributed by atoms with Crippen molar-refractivity contribution in [2.75, 3.05) is 18.4 Å². The number of halogens is 1. The molecule has 0 saturated carbocycles. The van der Waals surface area contributed by atoms with Crippen molar-refractivity contribution in [2.24, 2.45) is 0 Å². The number of nitrogens with zero attached hydrogens (tertiary/aromatic N) is 3. The van der Waals surface area contributed by atoms with E-state index in [4.69, 9.17) is 0 Å². The van der Waals surface area contributed by atoms with Crippen LogP contribution in [-0.4, -0.2) is 39.6 Å². The maximum absolute atomic E-state index is 13.4. The zero-order valence-corrected chi connectivity index (χ0v) is 19.6. The number of nitrogens with one attached hydrogen (secondary N) is 1. The highest BCUT2D eigenvalue weighted by atomic mass is 19.1. The number of likely N-dealkylation sites (N-methyl/N-ethyl adjacent to an activating group) is 1. The maximum atomic E-state index is 13.4. The van der Waals surface area contributed by atoms with E-state index >= 15 is 0 Å². The first-order valence-corrected chi connectivity index (χ1v) is 11.2. The predicted octanol–water partition coefficient (Wildman–Crippen LogP) is 4.73. The van der Waals surface area contributed by atoms with E-state index in [1.54, 1.807) is 21.7 Å². The highest BCUT2D eigenvalue weighted by Crippen LogP contribution is 2.26. The molecule has 0 aliphatic carbocycles. The van der Waals surface area contributed by atoms with Gasteiger partial charge in [-0.1, -0.05) is 51.1 Å². The average Bonchev–Trinajstić information content (AvgIpc) is 3.21. The number of aromatic nitrogens is 2. The van der Waals surface area contributed by atoms with Gasteiger partial charge in [0.05, 0.1) is 17.9 Å². The number of aryl methyl sites for hydroxylation is 1. The standard InChI is InChI=1S/C26H31FN4O2/c1-5-30(25(33)16-11-19-9-7-6-8-10-19)18-24(32)28-23-17-22(26(2,3)4)29-31(23)21-14-12-20(27)13-15-21/h6-10,12-15,17H,5,11,16,18H2,1-4H3,(H,28,32). The first kappa shape index (κ1) is 24.2. The van der Waals surface area contributed by atoms with E-state index in [1.807, 2.05) is 64.1 Å². The largest absolute Gasteiger partial charge is 0.334 e. The number of rotatable bonds is 8. The average molecular weight is 451 g/mol. The summed E-state index contributed by atoms with van der Waals surface area (Å²) < 4.78 is 15.0. The molecule has 0 fully saturated rings. The zero-order valence-electron chi connectivity index (χ0n) is 19.6. The van der Waals surface area contributed by atoms with Gasteiger partial charge in [-0.3, -0.25) is 9.59 Å². The smallest absolute Gasteiger partial charge is 0.245 e. The van der Waals surface area contributed by atoms with E-state index in [9.17, 15) is 14.0 Å². The van der Waals surface area contributed by atoms with Crippen molar-refractivity contribution in [1.29, 1.82) is 0 Å². The Morgan fingerprint density at radius 2 is 1.73 bits per heavy atom. The van der Waals surface area contributed by atoms with Crippen LogP contribution in [0.1, 0.15) is 45.4 Å². The Morgan fingerprint density at radius 3 is 2.33 bits per heavy atom. The minimum atomic E-state index is -0.347. The first-order valence-electron chi connectivity index (χ1n) is 11.2. The van der Waals surface area contributed by atoms with Crippen LogP contribution in [-0.2, 0) is 21.4 Å². The molecule has 0 radical (unpaired) electrons. The Morgan fingerprint density at radius 1 is 1.06 bits per heavy atom. The molecule has 0 saturated heterocycles. The predicted molar refractivity (Wildman–Crippen MR) is 128 cm³/mol. The summed E-state index contributed by atoms with van der Waals surface area (Å²) in [6.45, 7) is 8.32. The number of hydrogen-bond acceptors (Lipinski definition) is 3. The Balaban J connectivity index is 1.72. The number of benzene rings is 2. The van der Waals surface area contributed by atoms with Gasteiger partial charge in [0, 0.05) is 24.4 Å². The molecule has 1 aromatic heterocycles. The maximum Gasteiger partial charge on any atom is 0.245 e. The molecular formula is C26H31FN4O2. The van der Waals surface area contributed by atoms with Crippen LogP contribution in [0, 0.1) is 5.82 Å². The monoisotopic (exact) mass is 450 g/mol. The van der Waals surface area contributed by atoms with Gasteiger partial charge in [0.1, 0.15) is 11.6 Å². The van der Waals surface area contributed by atoms with Gasteiger partial charge >= 0.3 is 0 Å². The Labute approximate surface area is 194 Å². The van der Waals surface area contributed by atoms with Gasteiger partial charge in [-0.15, -0.1) is 0 Å². The number of amides is 2. The van der Waals surface area contributed by atoms with E-state index in [-0.39, 0.29) is 29.6 Å². The van der Waals surface area contributed by atoms with Crippen LogP contribution in [0.2, 0.25) is 0 Å². The van der Waals surface area contributed by atoms with Gasteiger partial charge in [0.25, 0.3) is 0 Å². The highest BCUT2D eigenvalue weighted by molar-refractivity contribution is 5.94. The summed E-state index contributed by atoms with van der Waals surface area (Å²) in [5.74, 6) is -0.253. The minimum absolute atomic E-state index is 0.0520. The lowest BCUT2D eigenvalue weighted by Gasteiger charge is -2.20. The number of hydrogen-bond donors (Lipinski definition) is 1. The second-order valence-electron chi connectivity index (χ2n) is 8.99. The number of anilines is 1. The molecule has 2 aromatic carbocycles. The summed E-state index contributed by atoms with van der Waals surface area (Å²) in [6.07, 6.45) is 0.969. The van der Waals surface area contributed by atoms with Crippen molar-refractivity contribution in [3.63, 3.8) is 0 Å². The van der Waals surface area contributed by atoms with Crippen LogP contribution >= 0.6 is 0 Å². The van der Waals surface area contributed by atoms with E-state index in [0.29, 0.717) is 30.9 Å². The van der Waals surface area contributed by atoms with Crippen LogP contribution < -0.4 is 5.32 Å². The van der Waals surface area contributed by atoms with Crippen molar-refractivity contribution < 1.29 is 14.0 Å². The van der Waals surface area contributed by atoms with E-state index in [1.165, 1.54) is 12.1 Å². The lowest BCUT2D eigenvalue weighted by atomic mass is 9.92. The summed E-state index contributed by atoms with van der Waals surface area (Å²) in [7, 11) is 0. The lowest BCUT2D eigenvalue weighted by Crippen LogP contribution is -2.38. The number of carbonyl (C=O) groups excluding carboxylic acids is 2. The normalized spacial score (nSPS) is 11.3. The Bertz CT molecular complexity index is 1090. The molecule has 3 aromatic rings. The third kappa shape index (κ3) is 6.51. The fourth-order valence-corrected chi connectivity index (χ4v) is 3.40. The summed E-state index contributed by atoms with van der Waals surface area (Å²) in [5.41, 5.74) is 2.26. The molecule has 1 heterocycles. The fraction of sp³-hybridized carbons (Fsp3) is 0.346. The van der Waals surface area contributed by atoms with Crippen molar-refractivity contribution >= 4 is 17.6 Å². The molecule has 0 aliphatic heterocycles. The SMILES string of the molecule is CCN(CC(=O)Nc1cc(C(C)(C)C)nn1-c1ccc(F)cc1)C(=O)CCc1ccccc1. The van der Waals surface area contributed by atoms with E-state index in [2.05, 4.69) is 10.4 Å². The number of carbonyl (C=O) groups is 2. The van der Waals surface area contributed by atoms with Crippen LogP contribution in [0.5, 0.6) is 0 Å². The van der Waals surface area contributed by atoms with Crippen molar-refractivity contribution in [3.8, 4) is 5.69 Å². The van der Waals surface area contributed by atoms with Crippen molar-refractivity contribution in [1.82, 2.24) is 14.7 Å². The lowest BCUT2D eigenvalue weighted by molar-refractivity contribution is -0.134. The second-order valence-corrected chi connectivity index (χ2v) is 8.99. The van der Waals surface area contributed by atoms with Gasteiger partial charge in [-0.05, 0) is 43.2 Å². The second kappa shape index (κ2) is 10.4. The molecule has 1 N–H and O–H groups in total. The Hall–Kier alpha value is -3.48. The molecule has 3 rings (SSSR count). The molecule has 7 heteroatoms. The summed E-state index contributed by atoms with van der Waals surface area (Å²) >= 11 is 0. The Kier molecular flexibility index (Phi) is 7.63. The third-order valence-electron chi connectivity index (χ3n) is 5.36. The molecule has 0 bridgehead atoms. The first-order chi connectivity index (χ1) is 15.7. The molecule has 33 heavy (non-hydrogen) atoms. The van der Waals surface area contributed by atoms with Crippen molar-refractivity contribution in [2.45, 2.75) is 46.0 Å². The molecule has 174 valence electrons. The van der Waals surface area contributed by atoms with Crippen LogP contribution in [0.25, 0.3) is 5.69 Å². The molecule has 0 atom stereocenters. The molecule has 0 aliphatic rings. The summed E-state index contributed by atoms with van der Waals surface area (Å²) in [5, 5.41) is 7.51. The quantitative estimate of drug-likeness (QED) is 0.540. The van der Waals surface area contributed by atoms with Gasteiger partial charge in [0.2, 0.25) is 11.8 Å². The molecule has 0 unspecified atom stereocenters. The van der Waals surface area contributed by atoms with Crippen LogP contribution in [0.3, 0.4) is 0 Å². The summed E-state index contributed by atoms with van der Waals surface area (Å²) in [4.78, 5) is 27.1. The minimum Gasteiger partial charge on any atom is -0.334 e. The third-order valence-corrected chi connectivity index (χ3v) is 5.36. The molecular weight excluding hydrogens is 419 g/mol. The van der Waals surface area contributed by atoms with Gasteiger partial charge < -0.3 is 10.2 Å². The molecule has 6 nitrogen and oxygen atoms in total.